The van der Waals surface area contributed by atoms with Crippen molar-refractivity contribution in [3.05, 3.63) is 0 Å². The number of carbonyl (C=O) groups excluding carboxylic acids is 1. The Morgan fingerprint density at radius 1 is 1.25 bits per heavy atom. The van der Waals surface area contributed by atoms with E-state index in [4.69, 9.17) is 9.47 Å². The second-order valence-corrected chi connectivity index (χ2v) is 4.05. The zero-order valence-electron chi connectivity index (χ0n) is 11.0. The quantitative estimate of drug-likeness (QED) is 0.427. The van der Waals surface area contributed by atoms with Gasteiger partial charge in [0.25, 0.3) is 0 Å². The van der Waals surface area contributed by atoms with Crippen molar-refractivity contribution in [1.82, 2.24) is 0 Å². The van der Waals surface area contributed by atoms with Gasteiger partial charge in [0.05, 0.1) is 19.6 Å². The van der Waals surface area contributed by atoms with Gasteiger partial charge in [-0.3, -0.25) is 4.79 Å². The van der Waals surface area contributed by atoms with Gasteiger partial charge < -0.3 is 9.47 Å². The van der Waals surface area contributed by atoms with Crippen molar-refractivity contribution < 1.29 is 14.3 Å². The smallest absolute Gasteiger partial charge is 0.308 e. The number of unbranched alkanes of at least 4 members (excludes halogenated alkanes) is 1. The summed E-state index contributed by atoms with van der Waals surface area (Å²) in [6.45, 7) is 7.92. The standard InChI is InChI=1S/C13H26O3/c1-4-7-8-12(5-2)11-15-10-9-13(14)16-6-3/h12H,4-11H2,1-3H3. The van der Waals surface area contributed by atoms with E-state index in [1.165, 1.54) is 19.3 Å². The van der Waals surface area contributed by atoms with Crippen molar-refractivity contribution >= 4 is 5.97 Å². The third-order valence-corrected chi connectivity index (χ3v) is 2.65. The van der Waals surface area contributed by atoms with Gasteiger partial charge in [-0.2, -0.15) is 0 Å². The van der Waals surface area contributed by atoms with E-state index in [-0.39, 0.29) is 5.97 Å². The second kappa shape index (κ2) is 10.9. The molecule has 0 rings (SSSR count). The third-order valence-electron chi connectivity index (χ3n) is 2.65. The van der Waals surface area contributed by atoms with Gasteiger partial charge in [0.1, 0.15) is 0 Å². The van der Waals surface area contributed by atoms with Crippen LogP contribution in [0.3, 0.4) is 0 Å². The molecule has 0 aliphatic rings. The average Bonchev–Trinajstić information content (AvgIpc) is 2.28. The van der Waals surface area contributed by atoms with Gasteiger partial charge in [-0.15, -0.1) is 0 Å². The van der Waals surface area contributed by atoms with Gasteiger partial charge in [-0.1, -0.05) is 33.1 Å². The summed E-state index contributed by atoms with van der Waals surface area (Å²) in [4.78, 5) is 11.0. The van der Waals surface area contributed by atoms with Crippen molar-refractivity contribution in [3.63, 3.8) is 0 Å². The summed E-state index contributed by atoms with van der Waals surface area (Å²) in [5.74, 6) is 0.478. The summed E-state index contributed by atoms with van der Waals surface area (Å²) in [6.07, 6.45) is 5.25. The van der Waals surface area contributed by atoms with Crippen LogP contribution >= 0.6 is 0 Å². The van der Waals surface area contributed by atoms with E-state index in [1.54, 1.807) is 0 Å². The topological polar surface area (TPSA) is 35.5 Å². The van der Waals surface area contributed by atoms with Gasteiger partial charge >= 0.3 is 5.97 Å². The van der Waals surface area contributed by atoms with Crippen LogP contribution in [0.1, 0.15) is 52.9 Å². The molecule has 0 saturated heterocycles. The molecule has 0 spiro atoms. The van der Waals surface area contributed by atoms with Crippen LogP contribution in [0, 0.1) is 5.92 Å². The van der Waals surface area contributed by atoms with Crippen LogP contribution in [-0.2, 0) is 14.3 Å². The molecular formula is C13H26O3. The Hall–Kier alpha value is -0.570. The van der Waals surface area contributed by atoms with Gasteiger partial charge in [0.15, 0.2) is 0 Å². The van der Waals surface area contributed by atoms with E-state index < -0.39 is 0 Å². The Morgan fingerprint density at radius 2 is 2.00 bits per heavy atom. The highest BCUT2D eigenvalue weighted by atomic mass is 16.5. The Balaban J connectivity index is 3.43. The highest BCUT2D eigenvalue weighted by molar-refractivity contribution is 5.69. The molecule has 0 aliphatic heterocycles. The molecule has 0 N–H and O–H groups in total. The first kappa shape index (κ1) is 15.4. The third kappa shape index (κ3) is 8.72. The minimum absolute atomic E-state index is 0.163. The SMILES string of the molecule is CCCCC(CC)COCCC(=O)OCC. The maximum atomic E-state index is 11.0. The number of carbonyl (C=O) groups is 1. The summed E-state index contributed by atoms with van der Waals surface area (Å²) in [6, 6.07) is 0. The lowest BCUT2D eigenvalue weighted by Crippen LogP contribution is -2.13. The van der Waals surface area contributed by atoms with E-state index in [0.717, 1.165) is 13.0 Å². The number of hydrogen-bond acceptors (Lipinski definition) is 3. The first-order valence-electron chi connectivity index (χ1n) is 6.47. The molecule has 0 amide bonds. The number of ether oxygens (including phenoxy) is 2. The first-order chi connectivity index (χ1) is 7.74. The number of rotatable bonds is 10. The molecule has 0 radical (unpaired) electrons. The maximum absolute atomic E-state index is 11.0. The molecule has 1 unspecified atom stereocenters. The van der Waals surface area contributed by atoms with Crippen molar-refractivity contribution in [2.45, 2.75) is 52.9 Å². The zero-order valence-corrected chi connectivity index (χ0v) is 11.0. The van der Waals surface area contributed by atoms with Crippen molar-refractivity contribution in [2.75, 3.05) is 19.8 Å². The molecule has 0 aromatic carbocycles. The molecule has 0 saturated carbocycles. The predicted molar refractivity (Wildman–Crippen MR) is 65.4 cm³/mol. The van der Waals surface area contributed by atoms with Gasteiger partial charge in [0, 0.05) is 6.61 Å². The Bertz CT molecular complexity index is 169. The highest BCUT2D eigenvalue weighted by Gasteiger charge is 2.07. The molecular weight excluding hydrogens is 204 g/mol. The van der Waals surface area contributed by atoms with E-state index in [9.17, 15) is 4.79 Å². The van der Waals surface area contributed by atoms with Crippen molar-refractivity contribution in [3.8, 4) is 0 Å². The van der Waals surface area contributed by atoms with E-state index in [2.05, 4.69) is 13.8 Å². The van der Waals surface area contributed by atoms with Crippen molar-refractivity contribution in [1.29, 1.82) is 0 Å². The van der Waals surface area contributed by atoms with Gasteiger partial charge in [-0.25, -0.2) is 0 Å². The molecule has 0 aromatic heterocycles. The molecule has 0 aromatic rings. The molecule has 96 valence electrons. The fraction of sp³-hybridized carbons (Fsp3) is 0.923. The molecule has 3 heteroatoms. The van der Waals surface area contributed by atoms with Crippen LogP contribution < -0.4 is 0 Å². The number of esters is 1. The lowest BCUT2D eigenvalue weighted by Gasteiger charge is -2.14. The van der Waals surface area contributed by atoms with Gasteiger partial charge in [-0.05, 0) is 19.3 Å². The monoisotopic (exact) mass is 230 g/mol. The summed E-state index contributed by atoms with van der Waals surface area (Å²) < 4.78 is 10.3. The molecule has 0 heterocycles. The minimum Gasteiger partial charge on any atom is -0.466 e. The normalized spacial score (nSPS) is 12.4. The van der Waals surface area contributed by atoms with E-state index in [0.29, 0.717) is 25.6 Å². The van der Waals surface area contributed by atoms with E-state index in [1.807, 2.05) is 6.92 Å². The average molecular weight is 230 g/mol. The largest absolute Gasteiger partial charge is 0.466 e. The molecule has 0 bridgehead atoms. The Labute approximate surface area is 99.5 Å². The second-order valence-electron chi connectivity index (χ2n) is 4.05. The Kier molecular flexibility index (Phi) is 10.5. The fourth-order valence-electron chi connectivity index (χ4n) is 1.54. The fourth-order valence-corrected chi connectivity index (χ4v) is 1.54. The van der Waals surface area contributed by atoms with Crippen LogP contribution in [0.15, 0.2) is 0 Å². The highest BCUT2D eigenvalue weighted by Crippen LogP contribution is 2.12. The predicted octanol–water partition coefficient (Wildman–Crippen LogP) is 3.17. The zero-order chi connectivity index (χ0) is 12.2. The molecule has 0 fully saturated rings. The Morgan fingerprint density at radius 3 is 2.56 bits per heavy atom. The van der Waals surface area contributed by atoms with Crippen LogP contribution in [0.25, 0.3) is 0 Å². The van der Waals surface area contributed by atoms with Crippen LogP contribution in [0.5, 0.6) is 0 Å². The van der Waals surface area contributed by atoms with Crippen molar-refractivity contribution in [2.24, 2.45) is 5.92 Å². The minimum atomic E-state index is -0.163. The molecule has 3 nitrogen and oxygen atoms in total. The molecule has 16 heavy (non-hydrogen) atoms. The summed E-state index contributed by atoms with van der Waals surface area (Å²) in [7, 11) is 0. The summed E-state index contributed by atoms with van der Waals surface area (Å²) in [5.41, 5.74) is 0. The first-order valence-corrected chi connectivity index (χ1v) is 6.47. The lowest BCUT2D eigenvalue weighted by molar-refractivity contribution is -0.144. The van der Waals surface area contributed by atoms with Crippen LogP contribution in [0.4, 0.5) is 0 Å². The van der Waals surface area contributed by atoms with Crippen LogP contribution in [-0.4, -0.2) is 25.8 Å². The molecule has 1 atom stereocenters. The number of hydrogen-bond donors (Lipinski definition) is 0. The molecule has 0 aliphatic carbocycles. The summed E-state index contributed by atoms with van der Waals surface area (Å²) >= 11 is 0. The summed E-state index contributed by atoms with van der Waals surface area (Å²) in [5, 5.41) is 0. The van der Waals surface area contributed by atoms with E-state index >= 15 is 0 Å². The van der Waals surface area contributed by atoms with Gasteiger partial charge in [0.2, 0.25) is 0 Å². The maximum Gasteiger partial charge on any atom is 0.308 e. The van der Waals surface area contributed by atoms with Crippen LogP contribution in [0.2, 0.25) is 0 Å². The lowest BCUT2D eigenvalue weighted by atomic mass is 10.0.